The summed E-state index contributed by atoms with van der Waals surface area (Å²) >= 11 is 1.34. The number of aliphatic hydroxyl groups is 1. The van der Waals surface area contributed by atoms with Gasteiger partial charge in [-0.1, -0.05) is 11.2 Å². The molecule has 1 amide bonds. The number of carboxylic acids is 1. The summed E-state index contributed by atoms with van der Waals surface area (Å²) in [7, 11) is -1.14. The minimum atomic E-state index is -1.14. The van der Waals surface area contributed by atoms with Gasteiger partial charge in [-0.05, 0) is 11.4 Å². The maximum Gasteiger partial charge on any atom is 0.480 e. The molecule has 10 nitrogen and oxygen atoms in total. The molecule has 0 radical (unpaired) electrons. The molecule has 1 fully saturated rings. The van der Waals surface area contributed by atoms with Gasteiger partial charge >= 0.3 is 7.12 Å². The van der Waals surface area contributed by atoms with E-state index in [2.05, 4.69) is 10.5 Å². The van der Waals surface area contributed by atoms with E-state index < -0.39 is 24.9 Å². The molecule has 27 heavy (non-hydrogen) atoms. The Kier molecular flexibility index (Phi) is 11.3. The number of amides is 1. The van der Waals surface area contributed by atoms with Crippen LogP contribution in [0.1, 0.15) is 18.2 Å². The van der Waals surface area contributed by atoms with Gasteiger partial charge in [0.25, 0.3) is 11.9 Å². The molecular formula is C15H23BN2O8S. The van der Waals surface area contributed by atoms with E-state index in [1.165, 1.54) is 11.3 Å². The number of nitrogens with zero attached hydrogens (tertiary/aromatic N) is 1. The Labute approximate surface area is 160 Å². The lowest BCUT2D eigenvalue weighted by atomic mass is 9.79. The van der Waals surface area contributed by atoms with E-state index in [1.54, 1.807) is 12.1 Å². The molecule has 2 rings (SSSR count). The first-order valence-corrected chi connectivity index (χ1v) is 9.06. The lowest BCUT2D eigenvalue weighted by molar-refractivity contribution is -0.134. The van der Waals surface area contributed by atoms with Gasteiger partial charge in [0.2, 0.25) is 0 Å². The van der Waals surface area contributed by atoms with Crippen LogP contribution in [-0.4, -0.2) is 78.9 Å². The molecule has 0 aromatic carbocycles. The summed E-state index contributed by atoms with van der Waals surface area (Å²) in [6.45, 7) is 2.05. The molecule has 0 aliphatic carbocycles. The third-order valence-electron chi connectivity index (χ3n) is 2.99. The van der Waals surface area contributed by atoms with Gasteiger partial charge in [0.15, 0.2) is 5.71 Å². The number of oxime groups is 1. The van der Waals surface area contributed by atoms with E-state index in [9.17, 15) is 9.82 Å². The summed E-state index contributed by atoms with van der Waals surface area (Å²) in [4.78, 5) is 27.2. The van der Waals surface area contributed by atoms with Crippen molar-refractivity contribution in [2.75, 3.05) is 33.0 Å². The molecule has 150 valence electrons. The van der Waals surface area contributed by atoms with Gasteiger partial charge in [-0.3, -0.25) is 9.59 Å². The smallest absolute Gasteiger partial charge is 0.480 e. The number of hydrogen-bond donors (Lipinski definition) is 4. The maximum absolute atomic E-state index is 12.4. The average molecular weight is 402 g/mol. The Balaban J connectivity index is 0.000000828. The number of carbonyl (C=O) groups excluding carboxylic acids is 1. The Morgan fingerprint density at radius 3 is 2.85 bits per heavy atom. The van der Waals surface area contributed by atoms with Crippen molar-refractivity contribution in [2.24, 2.45) is 5.16 Å². The fraction of sp³-hybridized carbons (Fsp3) is 0.533. The van der Waals surface area contributed by atoms with Crippen molar-refractivity contribution < 1.29 is 39.1 Å². The highest BCUT2D eigenvalue weighted by Crippen LogP contribution is 2.11. The van der Waals surface area contributed by atoms with E-state index >= 15 is 0 Å². The van der Waals surface area contributed by atoms with Gasteiger partial charge in [0.1, 0.15) is 6.61 Å². The Hall–Kier alpha value is -1.99. The van der Waals surface area contributed by atoms with E-state index in [-0.39, 0.29) is 32.1 Å². The molecule has 1 aromatic rings. The van der Waals surface area contributed by atoms with Crippen LogP contribution in [-0.2, 0) is 23.8 Å². The van der Waals surface area contributed by atoms with Crippen molar-refractivity contribution in [3.05, 3.63) is 22.4 Å². The molecule has 4 N–H and O–H groups in total. The van der Waals surface area contributed by atoms with E-state index in [0.29, 0.717) is 17.9 Å². The van der Waals surface area contributed by atoms with Gasteiger partial charge in [-0.15, -0.1) is 11.3 Å². The normalized spacial score (nSPS) is 17.4. The summed E-state index contributed by atoms with van der Waals surface area (Å²) in [5.41, 5.74) is 0.106. The van der Waals surface area contributed by atoms with E-state index in [1.807, 2.05) is 5.38 Å². The predicted molar refractivity (Wildman–Crippen MR) is 98.5 cm³/mol. The number of carboxylic acid groups (broad SMARTS) is 1. The zero-order valence-electron chi connectivity index (χ0n) is 14.9. The fourth-order valence-corrected chi connectivity index (χ4v) is 2.54. The van der Waals surface area contributed by atoms with Gasteiger partial charge in [0, 0.05) is 20.0 Å². The first kappa shape index (κ1) is 23.1. The molecule has 1 atom stereocenters. The first-order valence-electron chi connectivity index (χ1n) is 8.18. The third-order valence-corrected chi connectivity index (χ3v) is 3.87. The molecule has 0 spiro atoms. The van der Waals surface area contributed by atoms with Crippen LogP contribution in [0.25, 0.3) is 0 Å². The first-order chi connectivity index (χ1) is 13.0. The summed E-state index contributed by atoms with van der Waals surface area (Å²) in [5.74, 6) is -2.01. The molecule has 0 bridgehead atoms. The summed E-state index contributed by atoms with van der Waals surface area (Å²) < 4.78 is 10.4. The Morgan fingerprint density at radius 1 is 1.48 bits per heavy atom. The fourth-order valence-electron chi connectivity index (χ4n) is 1.84. The van der Waals surface area contributed by atoms with Crippen molar-refractivity contribution >= 4 is 36.0 Å². The summed E-state index contributed by atoms with van der Waals surface area (Å²) in [6, 6.07) is 3.54. The van der Waals surface area contributed by atoms with Gasteiger partial charge in [-0.25, -0.2) is 0 Å². The summed E-state index contributed by atoms with van der Waals surface area (Å²) in [6.07, 6.45) is 0.422. The number of aliphatic carboxylic acids is 1. The molecule has 1 aliphatic heterocycles. The minimum absolute atomic E-state index is 0.0149. The Morgan fingerprint density at radius 2 is 2.22 bits per heavy atom. The van der Waals surface area contributed by atoms with Crippen LogP contribution in [0.15, 0.2) is 22.7 Å². The van der Waals surface area contributed by atoms with Crippen LogP contribution in [0.5, 0.6) is 0 Å². The zero-order chi connectivity index (χ0) is 20.1. The second-order valence-electron chi connectivity index (χ2n) is 5.26. The zero-order valence-corrected chi connectivity index (χ0v) is 15.7. The van der Waals surface area contributed by atoms with Crippen molar-refractivity contribution in [3.63, 3.8) is 0 Å². The molecule has 1 saturated heterocycles. The van der Waals surface area contributed by atoms with E-state index in [4.69, 9.17) is 29.2 Å². The molecule has 1 aromatic heterocycles. The highest BCUT2D eigenvalue weighted by molar-refractivity contribution is 7.13. The van der Waals surface area contributed by atoms with Crippen LogP contribution in [0.2, 0.25) is 0 Å². The lowest BCUT2D eigenvalue weighted by Crippen LogP contribution is -2.51. The molecular weight excluding hydrogens is 379 g/mol. The number of nitrogens with one attached hydrogen (secondary N) is 1. The largest absolute Gasteiger partial charge is 0.481 e. The Bertz CT molecular complexity index is 595. The molecule has 12 heteroatoms. The van der Waals surface area contributed by atoms with E-state index in [0.717, 1.165) is 6.92 Å². The molecule has 0 saturated carbocycles. The quantitative estimate of drug-likeness (QED) is 0.206. The SMILES string of the molecule is CC(=O)O.O=C(NC1COCCOB1O)/C(=N\OCCCO)c1cccs1. The number of carbonyl (C=O) groups is 2. The van der Waals surface area contributed by atoms with Crippen LogP contribution in [0.4, 0.5) is 0 Å². The van der Waals surface area contributed by atoms with Crippen LogP contribution >= 0.6 is 11.3 Å². The number of ether oxygens (including phenoxy) is 1. The van der Waals surface area contributed by atoms with Crippen LogP contribution < -0.4 is 5.32 Å². The summed E-state index contributed by atoms with van der Waals surface area (Å²) in [5, 5.41) is 34.3. The molecule has 1 aliphatic rings. The lowest BCUT2D eigenvalue weighted by Gasteiger charge is -2.17. The predicted octanol–water partition coefficient (Wildman–Crippen LogP) is -0.507. The third kappa shape index (κ3) is 9.49. The molecule has 2 heterocycles. The second-order valence-corrected chi connectivity index (χ2v) is 6.21. The van der Waals surface area contributed by atoms with Gasteiger partial charge in [-0.2, -0.15) is 0 Å². The highest BCUT2D eigenvalue weighted by Gasteiger charge is 2.32. The van der Waals surface area contributed by atoms with Gasteiger partial charge in [0.05, 0.1) is 30.6 Å². The molecule has 1 unspecified atom stereocenters. The highest BCUT2D eigenvalue weighted by atomic mass is 32.1. The van der Waals surface area contributed by atoms with Crippen LogP contribution in [0, 0.1) is 0 Å². The second kappa shape index (κ2) is 13.2. The van der Waals surface area contributed by atoms with Crippen LogP contribution in [0.3, 0.4) is 0 Å². The number of thiophene rings is 1. The monoisotopic (exact) mass is 402 g/mol. The number of hydrogen-bond acceptors (Lipinski definition) is 9. The maximum atomic E-state index is 12.4. The van der Waals surface area contributed by atoms with Gasteiger partial charge < -0.3 is 34.8 Å². The standard InChI is InChI=1S/C13H19BN2O6S.C2H4O2/c17-4-2-5-22-16-12(10-3-1-8-23-10)13(18)15-11-9-20-6-7-21-14(11)19;1-2(3)4/h1,3,8,11,17,19H,2,4-7,9H2,(H,15,18);1H3,(H,3,4)/b16-12-;. The average Bonchev–Trinajstić information content (AvgIpc) is 3.06. The van der Waals surface area contributed by atoms with Crippen molar-refractivity contribution in [1.29, 1.82) is 0 Å². The van der Waals surface area contributed by atoms with Crippen molar-refractivity contribution in [3.8, 4) is 0 Å². The van der Waals surface area contributed by atoms with Crippen molar-refractivity contribution in [2.45, 2.75) is 19.3 Å². The number of aliphatic hydroxyl groups excluding tert-OH is 1. The topological polar surface area (TPSA) is 147 Å². The number of rotatable bonds is 7. The minimum Gasteiger partial charge on any atom is -0.481 e. The van der Waals surface area contributed by atoms with Crippen molar-refractivity contribution in [1.82, 2.24) is 5.32 Å².